The standard InChI is InChI=1S/C17H22O5/c1-11(2)7-16(19)22-15-8-12(3)5-6-14(15)17(10-21-17)9-20-13(4)18/h5-6,8,11H,7,9-10H2,1-4H3. The molecule has 1 fully saturated rings. The molecule has 0 radical (unpaired) electrons. The lowest BCUT2D eigenvalue weighted by Gasteiger charge is -2.17. The van der Waals surface area contributed by atoms with E-state index < -0.39 is 5.60 Å². The Labute approximate surface area is 130 Å². The number of ether oxygens (including phenoxy) is 3. The fourth-order valence-corrected chi connectivity index (χ4v) is 2.21. The summed E-state index contributed by atoms with van der Waals surface area (Å²) in [5, 5.41) is 0. The molecule has 0 spiro atoms. The lowest BCUT2D eigenvalue weighted by atomic mass is 9.98. The summed E-state index contributed by atoms with van der Waals surface area (Å²) in [6.45, 7) is 7.78. The second-order valence-corrected chi connectivity index (χ2v) is 6.13. The number of rotatable bonds is 6. The van der Waals surface area contributed by atoms with Gasteiger partial charge in [0.05, 0.1) is 6.61 Å². The Morgan fingerprint density at radius 1 is 1.36 bits per heavy atom. The van der Waals surface area contributed by atoms with Crippen molar-refractivity contribution in [1.29, 1.82) is 0 Å². The van der Waals surface area contributed by atoms with Crippen LogP contribution in [-0.4, -0.2) is 25.2 Å². The van der Waals surface area contributed by atoms with Gasteiger partial charge in [0.15, 0.2) is 5.60 Å². The van der Waals surface area contributed by atoms with Crippen LogP contribution < -0.4 is 4.74 Å². The maximum absolute atomic E-state index is 12.0. The van der Waals surface area contributed by atoms with E-state index in [0.717, 1.165) is 11.1 Å². The minimum atomic E-state index is -0.688. The van der Waals surface area contributed by atoms with Gasteiger partial charge in [-0.2, -0.15) is 0 Å². The molecule has 0 bridgehead atoms. The van der Waals surface area contributed by atoms with E-state index >= 15 is 0 Å². The SMILES string of the molecule is CC(=O)OCC1(c2ccc(C)cc2OC(=O)CC(C)C)CO1. The molecule has 0 N–H and O–H groups in total. The molecule has 1 atom stereocenters. The van der Waals surface area contributed by atoms with Gasteiger partial charge in [-0.15, -0.1) is 0 Å². The van der Waals surface area contributed by atoms with Crippen molar-refractivity contribution in [2.24, 2.45) is 5.92 Å². The second-order valence-electron chi connectivity index (χ2n) is 6.13. The van der Waals surface area contributed by atoms with Gasteiger partial charge >= 0.3 is 11.9 Å². The fraction of sp³-hybridized carbons (Fsp3) is 0.529. The third-order valence-electron chi connectivity index (χ3n) is 3.43. The third kappa shape index (κ3) is 4.07. The summed E-state index contributed by atoms with van der Waals surface area (Å²) in [6.07, 6.45) is 0.352. The normalized spacial score (nSPS) is 19.9. The van der Waals surface area contributed by atoms with Crippen LogP contribution in [0.2, 0.25) is 0 Å². The van der Waals surface area contributed by atoms with Crippen molar-refractivity contribution in [3.8, 4) is 5.75 Å². The molecule has 1 unspecified atom stereocenters. The molecular weight excluding hydrogens is 284 g/mol. The lowest BCUT2D eigenvalue weighted by Crippen LogP contribution is -2.21. The molecule has 120 valence electrons. The predicted molar refractivity (Wildman–Crippen MR) is 80.5 cm³/mol. The number of aryl methyl sites for hydroxylation is 1. The molecule has 1 saturated heterocycles. The molecule has 2 rings (SSSR count). The first-order chi connectivity index (χ1) is 10.3. The van der Waals surface area contributed by atoms with Crippen LogP contribution in [0.3, 0.4) is 0 Å². The van der Waals surface area contributed by atoms with Gasteiger partial charge in [0.1, 0.15) is 12.4 Å². The molecule has 0 aliphatic carbocycles. The molecule has 1 aliphatic rings. The first-order valence-electron chi connectivity index (χ1n) is 7.41. The van der Waals surface area contributed by atoms with Crippen molar-refractivity contribution in [2.75, 3.05) is 13.2 Å². The molecular formula is C17H22O5. The van der Waals surface area contributed by atoms with Crippen LogP contribution >= 0.6 is 0 Å². The van der Waals surface area contributed by atoms with E-state index in [-0.39, 0.29) is 24.5 Å². The summed E-state index contributed by atoms with van der Waals surface area (Å²) < 4.78 is 16.1. The van der Waals surface area contributed by atoms with Gasteiger partial charge in [0, 0.05) is 18.9 Å². The average molecular weight is 306 g/mol. The van der Waals surface area contributed by atoms with E-state index in [1.807, 2.05) is 39.0 Å². The van der Waals surface area contributed by atoms with Gasteiger partial charge in [0.2, 0.25) is 0 Å². The van der Waals surface area contributed by atoms with E-state index in [1.54, 1.807) is 0 Å². The number of carbonyl (C=O) groups excluding carboxylic acids is 2. The maximum atomic E-state index is 12.0. The molecule has 0 amide bonds. The lowest BCUT2D eigenvalue weighted by molar-refractivity contribution is -0.143. The topological polar surface area (TPSA) is 65.1 Å². The van der Waals surface area contributed by atoms with Crippen LogP contribution in [0.25, 0.3) is 0 Å². The van der Waals surface area contributed by atoms with Crippen molar-refractivity contribution >= 4 is 11.9 Å². The zero-order chi connectivity index (χ0) is 16.3. The largest absolute Gasteiger partial charge is 0.462 e. The number of esters is 2. The van der Waals surface area contributed by atoms with Gasteiger partial charge in [0.25, 0.3) is 0 Å². The summed E-state index contributed by atoms with van der Waals surface area (Å²) in [5.41, 5.74) is 1.04. The molecule has 5 nitrogen and oxygen atoms in total. The second kappa shape index (κ2) is 6.48. The van der Waals surface area contributed by atoms with Crippen LogP contribution in [-0.2, 0) is 24.7 Å². The molecule has 22 heavy (non-hydrogen) atoms. The molecule has 1 heterocycles. The van der Waals surface area contributed by atoms with Crippen molar-refractivity contribution in [3.63, 3.8) is 0 Å². The highest BCUT2D eigenvalue weighted by Crippen LogP contribution is 2.44. The minimum absolute atomic E-state index is 0.125. The molecule has 0 saturated carbocycles. The van der Waals surface area contributed by atoms with Crippen LogP contribution in [0.15, 0.2) is 18.2 Å². The molecule has 5 heteroatoms. The highest BCUT2D eigenvalue weighted by molar-refractivity contribution is 5.73. The number of benzene rings is 1. The fourth-order valence-electron chi connectivity index (χ4n) is 2.21. The Hall–Kier alpha value is -1.88. The highest BCUT2D eigenvalue weighted by atomic mass is 16.6. The zero-order valence-corrected chi connectivity index (χ0v) is 13.5. The van der Waals surface area contributed by atoms with Crippen molar-refractivity contribution in [2.45, 2.75) is 39.7 Å². The van der Waals surface area contributed by atoms with Crippen LogP contribution in [0, 0.1) is 12.8 Å². The number of hydrogen-bond acceptors (Lipinski definition) is 5. The van der Waals surface area contributed by atoms with E-state index in [1.165, 1.54) is 6.92 Å². The Balaban J connectivity index is 2.21. The summed E-state index contributed by atoms with van der Waals surface area (Å²) in [4.78, 5) is 23.0. The molecule has 1 aliphatic heterocycles. The minimum Gasteiger partial charge on any atom is -0.462 e. The van der Waals surface area contributed by atoms with Gasteiger partial charge in [-0.3, -0.25) is 9.59 Å². The molecule has 0 aromatic heterocycles. The van der Waals surface area contributed by atoms with Crippen molar-refractivity contribution in [1.82, 2.24) is 0 Å². The summed E-state index contributed by atoms with van der Waals surface area (Å²) in [5.74, 6) is 0.0775. The van der Waals surface area contributed by atoms with Crippen molar-refractivity contribution < 1.29 is 23.8 Å². The van der Waals surface area contributed by atoms with Gasteiger partial charge in [-0.1, -0.05) is 26.0 Å². The summed E-state index contributed by atoms with van der Waals surface area (Å²) >= 11 is 0. The monoisotopic (exact) mass is 306 g/mol. The predicted octanol–water partition coefficient (Wildman–Crippen LogP) is 2.74. The van der Waals surface area contributed by atoms with Crippen LogP contribution in [0.5, 0.6) is 5.75 Å². The smallest absolute Gasteiger partial charge is 0.311 e. The van der Waals surface area contributed by atoms with Gasteiger partial charge in [-0.05, 0) is 24.5 Å². The Morgan fingerprint density at radius 2 is 2.05 bits per heavy atom. The van der Waals surface area contributed by atoms with E-state index in [0.29, 0.717) is 18.8 Å². The van der Waals surface area contributed by atoms with Gasteiger partial charge in [-0.25, -0.2) is 0 Å². The first-order valence-corrected chi connectivity index (χ1v) is 7.41. The van der Waals surface area contributed by atoms with Crippen LogP contribution in [0.4, 0.5) is 0 Å². The third-order valence-corrected chi connectivity index (χ3v) is 3.43. The van der Waals surface area contributed by atoms with Crippen molar-refractivity contribution in [3.05, 3.63) is 29.3 Å². The number of epoxide rings is 1. The number of hydrogen-bond donors (Lipinski definition) is 0. The molecule has 1 aromatic rings. The average Bonchev–Trinajstić information content (AvgIpc) is 3.16. The maximum Gasteiger partial charge on any atom is 0.311 e. The van der Waals surface area contributed by atoms with Crippen LogP contribution in [0.1, 0.15) is 38.3 Å². The highest BCUT2D eigenvalue weighted by Gasteiger charge is 2.50. The Bertz CT molecular complexity index is 572. The Morgan fingerprint density at radius 3 is 2.59 bits per heavy atom. The Kier molecular flexibility index (Phi) is 4.86. The quantitative estimate of drug-likeness (QED) is 0.459. The molecule has 1 aromatic carbocycles. The summed E-state index contributed by atoms with van der Waals surface area (Å²) in [6, 6.07) is 5.60. The summed E-state index contributed by atoms with van der Waals surface area (Å²) in [7, 11) is 0. The van der Waals surface area contributed by atoms with E-state index in [9.17, 15) is 9.59 Å². The van der Waals surface area contributed by atoms with E-state index in [2.05, 4.69) is 0 Å². The number of carbonyl (C=O) groups is 2. The van der Waals surface area contributed by atoms with E-state index in [4.69, 9.17) is 14.2 Å². The van der Waals surface area contributed by atoms with Gasteiger partial charge < -0.3 is 14.2 Å². The first kappa shape index (κ1) is 16.5. The zero-order valence-electron chi connectivity index (χ0n) is 13.5.